The van der Waals surface area contributed by atoms with E-state index in [4.69, 9.17) is 5.73 Å². The minimum atomic E-state index is 0.639. The Morgan fingerprint density at radius 1 is 1.19 bits per heavy atom. The molecule has 0 amide bonds. The monoisotopic (exact) mass is 225 g/mol. The molecule has 0 saturated heterocycles. The number of nitrogens with zero attached hydrogens (tertiary/aromatic N) is 1. The van der Waals surface area contributed by atoms with Crippen LogP contribution in [0.5, 0.6) is 0 Å². The SMILES string of the molecule is CCCCCCCCNC(N)=NCC1CC1. The summed E-state index contributed by atoms with van der Waals surface area (Å²) in [6.45, 7) is 4.15. The lowest BCUT2D eigenvalue weighted by Crippen LogP contribution is -2.32. The van der Waals surface area contributed by atoms with E-state index in [2.05, 4.69) is 17.2 Å². The maximum Gasteiger partial charge on any atom is 0.188 e. The van der Waals surface area contributed by atoms with Gasteiger partial charge in [-0.25, -0.2) is 0 Å². The topological polar surface area (TPSA) is 50.4 Å². The minimum absolute atomic E-state index is 0.639. The molecule has 16 heavy (non-hydrogen) atoms. The molecule has 1 aliphatic rings. The summed E-state index contributed by atoms with van der Waals surface area (Å²) in [5.74, 6) is 1.47. The second kappa shape index (κ2) is 8.43. The Kier molecular flexibility index (Phi) is 7.02. The fourth-order valence-corrected chi connectivity index (χ4v) is 1.71. The predicted molar refractivity (Wildman–Crippen MR) is 70.6 cm³/mol. The molecule has 94 valence electrons. The van der Waals surface area contributed by atoms with E-state index in [1.54, 1.807) is 0 Å². The van der Waals surface area contributed by atoms with Crippen LogP contribution in [-0.4, -0.2) is 19.0 Å². The van der Waals surface area contributed by atoms with Crippen LogP contribution in [0.2, 0.25) is 0 Å². The third-order valence-corrected chi connectivity index (χ3v) is 3.05. The Hall–Kier alpha value is -0.730. The van der Waals surface area contributed by atoms with Crippen molar-refractivity contribution >= 4 is 5.96 Å². The molecule has 0 heterocycles. The lowest BCUT2D eigenvalue weighted by molar-refractivity contribution is 0.601. The summed E-state index contributed by atoms with van der Waals surface area (Å²) in [6.07, 6.45) is 10.6. The molecule has 0 spiro atoms. The van der Waals surface area contributed by atoms with Crippen molar-refractivity contribution in [3.63, 3.8) is 0 Å². The second-order valence-corrected chi connectivity index (χ2v) is 4.86. The van der Waals surface area contributed by atoms with E-state index in [0.717, 1.165) is 19.0 Å². The number of aliphatic imine (C=N–C) groups is 1. The van der Waals surface area contributed by atoms with Gasteiger partial charge < -0.3 is 11.1 Å². The molecular formula is C13H27N3. The fourth-order valence-electron chi connectivity index (χ4n) is 1.71. The van der Waals surface area contributed by atoms with Gasteiger partial charge in [-0.15, -0.1) is 0 Å². The number of rotatable bonds is 9. The molecule has 3 heteroatoms. The average molecular weight is 225 g/mol. The molecule has 1 saturated carbocycles. The molecule has 1 aliphatic carbocycles. The van der Waals surface area contributed by atoms with Crippen molar-refractivity contribution in [2.75, 3.05) is 13.1 Å². The molecule has 0 aromatic rings. The summed E-state index contributed by atoms with van der Waals surface area (Å²) < 4.78 is 0. The Balaban J connectivity index is 1.83. The van der Waals surface area contributed by atoms with Crippen LogP contribution < -0.4 is 11.1 Å². The Morgan fingerprint density at radius 3 is 2.56 bits per heavy atom. The maximum absolute atomic E-state index is 5.75. The molecule has 3 N–H and O–H groups in total. The van der Waals surface area contributed by atoms with Gasteiger partial charge in [0.25, 0.3) is 0 Å². The first-order valence-electron chi connectivity index (χ1n) is 6.86. The van der Waals surface area contributed by atoms with Crippen LogP contribution in [0.1, 0.15) is 58.3 Å². The molecule has 1 rings (SSSR count). The number of hydrogen-bond acceptors (Lipinski definition) is 1. The van der Waals surface area contributed by atoms with E-state index in [1.807, 2.05) is 0 Å². The van der Waals surface area contributed by atoms with Gasteiger partial charge in [0.05, 0.1) is 0 Å². The highest BCUT2D eigenvalue weighted by Crippen LogP contribution is 2.28. The third kappa shape index (κ3) is 7.55. The first-order chi connectivity index (χ1) is 7.83. The van der Waals surface area contributed by atoms with Crippen molar-refractivity contribution in [2.45, 2.75) is 58.3 Å². The Morgan fingerprint density at radius 2 is 1.88 bits per heavy atom. The smallest absolute Gasteiger partial charge is 0.188 e. The number of nitrogens with one attached hydrogen (secondary N) is 1. The van der Waals surface area contributed by atoms with Crippen molar-refractivity contribution in [3.8, 4) is 0 Å². The van der Waals surface area contributed by atoms with E-state index in [1.165, 1.54) is 51.4 Å². The van der Waals surface area contributed by atoms with Gasteiger partial charge in [0.15, 0.2) is 5.96 Å². The van der Waals surface area contributed by atoms with Crippen LogP contribution in [0, 0.1) is 5.92 Å². The maximum atomic E-state index is 5.75. The summed E-state index contributed by atoms with van der Waals surface area (Å²) in [7, 11) is 0. The van der Waals surface area contributed by atoms with Gasteiger partial charge in [-0.1, -0.05) is 39.0 Å². The molecule has 0 aliphatic heterocycles. The number of guanidine groups is 1. The molecule has 0 atom stereocenters. The van der Waals surface area contributed by atoms with E-state index in [-0.39, 0.29) is 0 Å². The highest BCUT2D eigenvalue weighted by Gasteiger charge is 2.20. The van der Waals surface area contributed by atoms with Crippen molar-refractivity contribution in [1.82, 2.24) is 5.32 Å². The normalized spacial score (nSPS) is 16.4. The molecule has 0 unspecified atom stereocenters. The molecule has 1 fully saturated rings. The molecule has 0 radical (unpaired) electrons. The van der Waals surface area contributed by atoms with E-state index >= 15 is 0 Å². The first-order valence-corrected chi connectivity index (χ1v) is 6.86. The van der Waals surface area contributed by atoms with Crippen LogP contribution in [0.3, 0.4) is 0 Å². The van der Waals surface area contributed by atoms with Gasteiger partial charge in [-0.2, -0.15) is 0 Å². The van der Waals surface area contributed by atoms with Gasteiger partial charge in [0.2, 0.25) is 0 Å². The average Bonchev–Trinajstić information content (AvgIpc) is 3.09. The van der Waals surface area contributed by atoms with Crippen molar-refractivity contribution in [3.05, 3.63) is 0 Å². The van der Waals surface area contributed by atoms with Crippen molar-refractivity contribution in [1.29, 1.82) is 0 Å². The molecule has 3 nitrogen and oxygen atoms in total. The van der Waals surface area contributed by atoms with Gasteiger partial charge in [-0.05, 0) is 25.2 Å². The lowest BCUT2D eigenvalue weighted by Gasteiger charge is -2.05. The first kappa shape index (κ1) is 13.3. The number of unbranched alkanes of at least 4 members (excludes halogenated alkanes) is 5. The van der Waals surface area contributed by atoms with Crippen molar-refractivity contribution in [2.24, 2.45) is 16.6 Å². The van der Waals surface area contributed by atoms with Crippen LogP contribution in [0.4, 0.5) is 0 Å². The fraction of sp³-hybridized carbons (Fsp3) is 0.923. The standard InChI is InChI=1S/C13H27N3/c1-2-3-4-5-6-7-10-15-13(14)16-11-12-8-9-12/h12H,2-11H2,1H3,(H3,14,15,16). The van der Waals surface area contributed by atoms with Crippen LogP contribution >= 0.6 is 0 Å². The van der Waals surface area contributed by atoms with E-state index in [0.29, 0.717) is 5.96 Å². The number of hydrogen-bond donors (Lipinski definition) is 2. The largest absolute Gasteiger partial charge is 0.370 e. The van der Waals surface area contributed by atoms with Gasteiger partial charge in [0, 0.05) is 13.1 Å². The molecule has 0 aromatic heterocycles. The van der Waals surface area contributed by atoms with E-state index < -0.39 is 0 Å². The van der Waals surface area contributed by atoms with Gasteiger partial charge in [0.1, 0.15) is 0 Å². The Bertz CT molecular complexity index is 197. The zero-order valence-corrected chi connectivity index (χ0v) is 10.7. The second-order valence-electron chi connectivity index (χ2n) is 4.86. The minimum Gasteiger partial charge on any atom is -0.370 e. The zero-order valence-electron chi connectivity index (χ0n) is 10.7. The molecule has 0 bridgehead atoms. The van der Waals surface area contributed by atoms with Crippen molar-refractivity contribution < 1.29 is 0 Å². The van der Waals surface area contributed by atoms with Crippen LogP contribution in [-0.2, 0) is 0 Å². The highest BCUT2D eigenvalue weighted by molar-refractivity contribution is 5.77. The lowest BCUT2D eigenvalue weighted by atomic mass is 10.1. The summed E-state index contributed by atoms with van der Waals surface area (Å²) in [6, 6.07) is 0. The number of nitrogens with two attached hydrogens (primary N) is 1. The van der Waals surface area contributed by atoms with Crippen LogP contribution in [0.15, 0.2) is 4.99 Å². The molecule has 0 aromatic carbocycles. The quantitative estimate of drug-likeness (QED) is 0.360. The Labute approximate surface area is 99.9 Å². The van der Waals surface area contributed by atoms with Gasteiger partial charge >= 0.3 is 0 Å². The summed E-state index contributed by atoms with van der Waals surface area (Å²) in [5, 5.41) is 3.18. The van der Waals surface area contributed by atoms with Crippen LogP contribution in [0.25, 0.3) is 0 Å². The molecular weight excluding hydrogens is 198 g/mol. The predicted octanol–water partition coefficient (Wildman–Crippen LogP) is 2.66. The van der Waals surface area contributed by atoms with Gasteiger partial charge in [-0.3, -0.25) is 4.99 Å². The third-order valence-electron chi connectivity index (χ3n) is 3.05. The highest BCUT2D eigenvalue weighted by atomic mass is 15.1. The van der Waals surface area contributed by atoms with E-state index in [9.17, 15) is 0 Å². The summed E-state index contributed by atoms with van der Waals surface area (Å²) >= 11 is 0. The zero-order chi connectivity index (χ0) is 11.6. The summed E-state index contributed by atoms with van der Waals surface area (Å²) in [4.78, 5) is 4.32. The summed E-state index contributed by atoms with van der Waals surface area (Å²) in [5.41, 5.74) is 5.75.